The van der Waals surface area contributed by atoms with Crippen molar-refractivity contribution >= 4 is 40.7 Å². The number of halogens is 1. The Kier molecular flexibility index (Phi) is 7.36. The summed E-state index contributed by atoms with van der Waals surface area (Å²) >= 11 is 6.21. The molecule has 0 saturated carbocycles. The molecule has 8 heteroatoms. The van der Waals surface area contributed by atoms with Crippen LogP contribution in [0, 0.1) is 12.8 Å². The predicted molar refractivity (Wildman–Crippen MR) is 136 cm³/mol. The number of nitrogens with one attached hydrogen (secondary N) is 2. The van der Waals surface area contributed by atoms with Gasteiger partial charge < -0.3 is 20.3 Å². The summed E-state index contributed by atoms with van der Waals surface area (Å²) < 4.78 is 5.22. The number of rotatable bonds is 7. The smallest absolute Gasteiger partial charge is 0.253 e. The lowest BCUT2D eigenvalue weighted by atomic mass is 10.1. The van der Waals surface area contributed by atoms with Crippen LogP contribution in [0.4, 0.5) is 11.4 Å². The molecule has 1 atom stereocenters. The molecule has 0 aliphatic carbocycles. The van der Waals surface area contributed by atoms with E-state index in [1.165, 1.54) is 0 Å². The number of benzene rings is 3. The van der Waals surface area contributed by atoms with Crippen LogP contribution in [0.3, 0.4) is 0 Å². The van der Waals surface area contributed by atoms with E-state index >= 15 is 0 Å². The van der Waals surface area contributed by atoms with Crippen molar-refractivity contribution in [3.63, 3.8) is 0 Å². The third-order valence-corrected chi connectivity index (χ3v) is 6.45. The highest BCUT2D eigenvalue weighted by molar-refractivity contribution is 6.31. The maximum atomic E-state index is 13.1. The molecule has 35 heavy (non-hydrogen) atoms. The summed E-state index contributed by atoms with van der Waals surface area (Å²) in [4.78, 5) is 40.2. The third kappa shape index (κ3) is 5.46. The van der Waals surface area contributed by atoms with E-state index in [1.54, 1.807) is 48.4 Å². The Labute approximate surface area is 209 Å². The van der Waals surface area contributed by atoms with Gasteiger partial charge in [0.25, 0.3) is 5.91 Å². The van der Waals surface area contributed by atoms with Gasteiger partial charge in [-0.2, -0.15) is 0 Å². The van der Waals surface area contributed by atoms with Crippen LogP contribution < -0.4 is 20.3 Å². The zero-order valence-electron chi connectivity index (χ0n) is 19.5. The van der Waals surface area contributed by atoms with Gasteiger partial charge in [-0.3, -0.25) is 14.4 Å². The number of carbonyl (C=O) groups is 3. The van der Waals surface area contributed by atoms with Gasteiger partial charge in [0.05, 0.1) is 24.3 Å². The Bertz CT molecular complexity index is 1280. The molecule has 0 aromatic heterocycles. The van der Waals surface area contributed by atoms with E-state index in [9.17, 15) is 14.4 Å². The Balaban J connectivity index is 1.43. The quantitative estimate of drug-likeness (QED) is 0.506. The first-order chi connectivity index (χ1) is 16.9. The van der Waals surface area contributed by atoms with Crippen molar-refractivity contribution in [3.8, 4) is 5.75 Å². The van der Waals surface area contributed by atoms with Crippen molar-refractivity contribution < 1.29 is 19.1 Å². The molecule has 1 aliphatic rings. The van der Waals surface area contributed by atoms with E-state index in [0.717, 1.165) is 11.1 Å². The number of nitrogens with zero attached hydrogens (tertiary/aromatic N) is 1. The minimum atomic E-state index is -0.547. The van der Waals surface area contributed by atoms with Crippen LogP contribution in [0.1, 0.15) is 27.9 Å². The second-order valence-electron chi connectivity index (χ2n) is 8.36. The van der Waals surface area contributed by atoms with Gasteiger partial charge in [0.1, 0.15) is 5.75 Å². The Morgan fingerprint density at radius 2 is 1.86 bits per heavy atom. The van der Waals surface area contributed by atoms with Gasteiger partial charge in [-0.25, -0.2) is 0 Å². The molecule has 0 radical (unpaired) electrons. The van der Waals surface area contributed by atoms with Crippen molar-refractivity contribution in [1.82, 2.24) is 5.32 Å². The fourth-order valence-corrected chi connectivity index (χ4v) is 4.26. The number of hydrogen-bond acceptors (Lipinski definition) is 4. The van der Waals surface area contributed by atoms with Gasteiger partial charge in [-0.15, -0.1) is 0 Å². The average molecular weight is 492 g/mol. The predicted octanol–water partition coefficient (Wildman–Crippen LogP) is 4.58. The van der Waals surface area contributed by atoms with E-state index in [4.69, 9.17) is 16.3 Å². The van der Waals surface area contributed by atoms with Crippen molar-refractivity contribution in [2.24, 2.45) is 5.92 Å². The summed E-state index contributed by atoms with van der Waals surface area (Å²) in [6, 6.07) is 19.6. The maximum absolute atomic E-state index is 13.1. The molecule has 4 rings (SSSR count). The SMILES string of the molecule is COc1cccc(CNC(=O)c2ccccc2NC(=O)[C@H]2CC(=O)N(c3cccc(Cl)c3C)C2)c1. The number of carbonyl (C=O) groups excluding carboxylic acids is 3. The molecular weight excluding hydrogens is 466 g/mol. The van der Waals surface area contributed by atoms with Crippen LogP contribution in [0.5, 0.6) is 5.75 Å². The molecular formula is C27H26ClN3O4. The molecule has 7 nitrogen and oxygen atoms in total. The topological polar surface area (TPSA) is 87.7 Å². The summed E-state index contributed by atoms with van der Waals surface area (Å²) in [5, 5.41) is 6.29. The number of hydrogen-bond donors (Lipinski definition) is 2. The molecule has 1 aliphatic heterocycles. The highest BCUT2D eigenvalue weighted by atomic mass is 35.5. The van der Waals surface area contributed by atoms with Gasteiger partial charge >= 0.3 is 0 Å². The van der Waals surface area contributed by atoms with Gasteiger partial charge in [-0.05, 0) is 54.4 Å². The molecule has 1 saturated heterocycles. The van der Waals surface area contributed by atoms with E-state index in [2.05, 4.69) is 10.6 Å². The standard InChI is InChI=1S/C27H26ClN3O4/c1-17-22(28)10-6-12-24(17)31-16-19(14-25(31)32)26(33)30-23-11-4-3-9-21(23)27(34)29-15-18-7-5-8-20(13-18)35-2/h3-13,19H,14-16H2,1-2H3,(H,29,34)(H,30,33)/t19-/m0/s1. The molecule has 3 aromatic rings. The second kappa shape index (κ2) is 10.6. The lowest BCUT2D eigenvalue weighted by Gasteiger charge is -2.20. The van der Waals surface area contributed by atoms with Crippen molar-refractivity contribution in [3.05, 3.63) is 88.4 Å². The van der Waals surface area contributed by atoms with Crippen molar-refractivity contribution in [2.45, 2.75) is 19.9 Å². The monoisotopic (exact) mass is 491 g/mol. The molecule has 0 spiro atoms. The lowest BCUT2D eigenvalue weighted by Crippen LogP contribution is -2.29. The summed E-state index contributed by atoms with van der Waals surface area (Å²) in [6.07, 6.45) is 0.0853. The summed E-state index contributed by atoms with van der Waals surface area (Å²) in [5.74, 6) is -0.609. The van der Waals surface area contributed by atoms with Crippen LogP contribution in [-0.2, 0) is 16.1 Å². The van der Waals surface area contributed by atoms with Crippen LogP contribution in [-0.4, -0.2) is 31.4 Å². The zero-order chi connectivity index (χ0) is 24.9. The van der Waals surface area contributed by atoms with Crippen molar-refractivity contribution in [2.75, 3.05) is 23.9 Å². The molecule has 0 bridgehead atoms. The zero-order valence-corrected chi connectivity index (χ0v) is 20.3. The van der Waals surface area contributed by atoms with Crippen LogP contribution in [0.15, 0.2) is 66.7 Å². The first kappa shape index (κ1) is 24.3. The first-order valence-electron chi connectivity index (χ1n) is 11.2. The first-order valence-corrected chi connectivity index (χ1v) is 11.6. The van der Waals surface area contributed by atoms with E-state index < -0.39 is 5.92 Å². The summed E-state index contributed by atoms with van der Waals surface area (Å²) in [6.45, 7) is 2.40. The molecule has 0 unspecified atom stereocenters. The maximum Gasteiger partial charge on any atom is 0.253 e. The number of amides is 3. The van der Waals surface area contributed by atoms with Gasteiger partial charge in [-0.1, -0.05) is 41.9 Å². The average Bonchev–Trinajstić information content (AvgIpc) is 3.26. The number of para-hydroxylation sites is 1. The van der Waals surface area contributed by atoms with Gasteiger partial charge in [0, 0.05) is 30.2 Å². The van der Waals surface area contributed by atoms with Gasteiger partial charge in [0.2, 0.25) is 11.8 Å². The van der Waals surface area contributed by atoms with Crippen LogP contribution in [0.2, 0.25) is 5.02 Å². The Hall–Kier alpha value is -3.84. The van der Waals surface area contributed by atoms with Crippen LogP contribution >= 0.6 is 11.6 Å². The lowest BCUT2D eigenvalue weighted by molar-refractivity contribution is -0.122. The Morgan fingerprint density at radius 1 is 1.09 bits per heavy atom. The number of methoxy groups -OCH3 is 1. The number of ether oxygens (including phenoxy) is 1. The molecule has 2 N–H and O–H groups in total. The largest absolute Gasteiger partial charge is 0.497 e. The summed E-state index contributed by atoms with van der Waals surface area (Å²) in [5.41, 5.74) is 3.12. The van der Waals surface area contributed by atoms with Crippen molar-refractivity contribution in [1.29, 1.82) is 0 Å². The second-order valence-corrected chi connectivity index (χ2v) is 8.77. The minimum Gasteiger partial charge on any atom is -0.497 e. The molecule has 3 aromatic carbocycles. The molecule has 180 valence electrons. The highest BCUT2D eigenvalue weighted by Gasteiger charge is 2.36. The summed E-state index contributed by atoms with van der Waals surface area (Å²) in [7, 11) is 1.59. The fourth-order valence-electron chi connectivity index (χ4n) is 4.09. The minimum absolute atomic E-state index is 0.0853. The highest BCUT2D eigenvalue weighted by Crippen LogP contribution is 2.32. The molecule has 1 heterocycles. The normalized spacial score (nSPS) is 15.1. The van der Waals surface area contributed by atoms with E-state index in [1.807, 2.05) is 37.3 Å². The fraction of sp³-hybridized carbons (Fsp3) is 0.222. The molecule has 1 fully saturated rings. The van der Waals surface area contributed by atoms with E-state index in [0.29, 0.717) is 34.3 Å². The van der Waals surface area contributed by atoms with E-state index in [-0.39, 0.29) is 30.7 Å². The molecule has 3 amide bonds. The van der Waals surface area contributed by atoms with Crippen LogP contribution in [0.25, 0.3) is 0 Å². The third-order valence-electron chi connectivity index (χ3n) is 6.04. The Morgan fingerprint density at radius 3 is 2.66 bits per heavy atom. The van der Waals surface area contributed by atoms with Gasteiger partial charge in [0.15, 0.2) is 0 Å². The number of anilines is 2.